The minimum absolute atomic E-state index is 0.148. The Labute approximate surface area is 545 Å². The highest BCUT2D eigenvalue weighted by Crippen LogP contribution is 2.52. The average molecular weight is 1220 g/mol. The molecule has 2 heteroatoms. The van der Waals surface area contributed by atoms with Gasteiger partial charge in [-0.15, -0.1) is 0 Å². The lowest BCUT2D eigenvalue weighted by molar-refractivity contribution is 0.739. The predicted molar refractivity (Wildman–Crippen MR) is 406 cm³/mol. The van der Waals surface area contributed by atoms with Crippen molar-refractivity contribution < 1.29 is 0 Å². The zero-order chi connectivity index (χ0) is 64.8. The summed E-state index contributed by atoms with van der Waals surface area (Å²) in [5, 5.41) is 19.5. The lowest BCUT2D eigenvalue weighted by atomic mass is 9.74. The van der Waals surface area contributed by atoms with Crippen LogP contribution >= 0.6 is 0 Å². The first kappa shape index (κ1) is 64.7. The molecule has 0 aromatic heterocycles. The highest BCUT2D eigenvalue weighted by molar-refractivity contribution is 7.15. The number of hydrogen-bond acceptors (Lipinski definition) is 0. The maximum Gasteiger partial charge on any atom is 0.154 e. The summed E-state index contributed by atoms with van der Waals surface area (Å²) >= 11 is 0. The van der Waals surface area contributed by atoms with Crippen LogP contribution in [0.4, 0.5) is 0 Å². The summed E-state index contributed by atoms with van der Waals surface area (Å²) < 4.78 is 0. The number of rotatable bonds is 16. The Morgan fingerprint density at radius 3 is 0.689 bits per heavy atom. The van der Waals surface area contributed by atoms with Gasteiger partial charge < -0.3 is 0 Å². The third-order valence-electron chi connectivity index (χ3n) is 21.0. The largest absolute Gasteiger partial charge is 0.154 e. The van der Waals surface area contributed by atoms with E-state index in [0.29, 0.717) is 47.3 Å². The molecular formula is C88H104Si2. The topological polar surface area (TPSA) is 0 Å². The van der Waals surface area contributed by atoms with E-state index in [1.54, 1.807) is 0 Å². The van der Waals surface area contributed by atoms with Crippen molar-refractivity contribution in [2.24, 2.45) is 0 Å². The first-order chi connectivity index (χ1) is 42.6. The molecule has 11 aromatic rings. The van der Waals surface area contributed by atoms with Gasteiger partial charge in [0.25, 0.3) is 0 Å². The third-order valence-corrected chi connectivity index (χ3v) is 32.8. The van der Waals surface area contributed by atoms with E-state index < -0.39 is 16.1 Å². The van der Waals surface area contributed by atoms with Gasteiger partial charge in [0.05, 0.1) is 0 Å². The summed E-state index contributed by atoms with van der Waals surface area (Å²) in [6.45, 7) is 54.3. The van der Waals surface area contributed by atoms with Crippen molar-refractivity contribution in [3.05, 3.63) is 226 Å². The fourth-order valence-corrected chi connectivity index (χ4v) is 29.2. The molecule has 11 aromatic carbocycles. The maximum absolute atomic E-state index is 2.99. The van der Waals surface area contributed by atoms with Gasteiger partial charge in [0, 0.05) is 0 Å². The van der Waals surface area contributed by atoms with Crippen LogP contribution in [-0.2, 0) is 0 Å². The van der Waals surface area contributed by atoms with Crippen LogP contribution in [0.2, 0.25) is 10.1 Å². The summed E-state index contributed by atoms with van der Waals surface area (Å²) in [6.07, 6.45) is 0. The molecule has 0 aliphatic heterocycles. The zero-order valence-corrected chi connectivity index (χ0v) is 60.9. The Morgan fingerprint density at radius 1 is 0.244 bits per heavy atom. The molecule has 90 heavy (non-hydrogen) atoms. The van der Waals surface area contributed by atoms with E-state index in [4.69, 9.17) is 0 Å². The Bertz CT molecular complexity index is 3960. The molecule has 0 fully saturated rings. The number of benzene rings is 11. The third kappa shape index (κ3) is 10.3. The summed E-state index contributed by atoms with van der Waals surface area (Å²) in [5.74, 6) is 2.66. The van der Waals surface area contributed by atoms with E-state index in [2.05, 4.69) is 334 Å². The number of hydrogen-bond donors (Lipinski definition) is 0. The zero-order valence-electron chi connectivity index (χ0n) is 58.9. The molecule has 0 nitrogen and oxygen atoms in total. The monoisotopic (exact) mass is 1220 g/mol. The lowest BCUT2D eigenvalue weighted by Gasteiger charge is -2.45. The van der Waals surface area contributed by atoms with Crippen LogP contribution in [0.5, 0.6) is 0 Å². The van der Waals surface area contributed by atoms with Gasteiger partial charge in [0.15, 0.2) is 16.1 Å². The van der Waals surface area contributed by atoms with Crippen molar-refractivity contribution in [3.8, 4) is 22.3 Å². The minimum Gasteiger partial charge on any atom is -0.0624 e. The van der Waals surface area contributed by atoms with Crippen molar-refractivity contribution in [1.29, 1.82) is 0 Å². The second kappa shape index (κ2) is 24.3. The molecule has 0 spiro atoms. The highest BCUT2D eigenvalue weighted by atomic mass is 28.3. The van der Waals surface area contributed by atoms with Crippen LogP contribution in [-0.4, -0.2) is 16.1 Å². The molecule has 0 saturated heterocycles. The molecule has 464 valence electrons. The molecule has 0 saturated carbocycles. The van der Waals surface area contributed by atoms with Gasteiger partial charge in [-0.3, -0.25) is 0 Å². The lowest BCUT2D eigenvalue weighted by Crippen LogP contribution is -2.72. The summed E-state index contributed by atoms with van der Waals surface area (Å²) in [5.41, 5.74) is 17.6. The molecule has 0 atom stereocenters. The molecule has 0 radical (unpaired) electrons. The van der Waals surface area contributed by atoms with E-state index in [0.717, 1.165) is 0 Å². The van der Waals surface area contributed by atoms with Crippen LogP contribution in [0.15, 0.2) is 182 Å². The van der Waals surface area contributed by atoms with Crippen LogP contribution in [0.25, 0.3) is 65.3 Å². The second-order valence-electron chi connectivity index (χ2n) is 31.4. The van der Waals surface area contributed by atoms with E-state index >= 15 is 0 Å². The maximum atomic E-state index is 2.75. The van der Waals surface area contributed by atoms with Gasteiger partial charge in [-0.2, -0.15) is 0 Å². The van der Waals surface area contributed by atoms with Crippen LogP contribution < -0.4 is 31.1 Å². The normalized spacial score (nSPS) is 13.1. The van der Waals surface area contributed by atoms with Crippen molar-refractivity contribution >= 4 is 90.4 Å². The first-order valence-corrected chi connectivity index (χ1v) is 38.5. The van der Waals surface area contributed by atoms with Gasteiger partial charge in [0.2, 0.25) is 0 Å². The Morgan fingerprint density at radius 2 is 0.478 bits per heavy atom. The number of fused-ring (bicyclic) bond motifs is 2. The summed E-state index contributed by atoms with van der Waals surface area (Å²) in [4.78, 5) is 0. The van der Waals surface area contributed by atoms with E-state index in [1.165, 1.54) is 141 Å². The van der Waals surface area contributed by atoms with Crippen LogP contribution in [0.3, 0.4) is 0 Å². The molecule has 11 rings (SSSR count). The molecule has 0 aliphatic carbocycles. The smallest absolute Gasteiger partial charge is 0.0624 e. The molecular weight excluding hydrogens is 1110 g/mol. The van der Waals surface area contributed by atoms with Crippen LogP contribution in [0, 0.1) is 0 Å². The highest BCUT2D eigenvalue weighted by Gasteiger charge is 2.52. The Balaban J connectivity index is 1.49. The van der Waals surface area contributed by atoms with Gasteiger partial charge in [-0.25, -0.2) is 0 Å². The first-order valence-electron chi connectivity index (χ1n) is 34.5. The fraction of sp³-hybridized carbons (Fsp3) is 0.364. The predicted octanol–water partition coefficient (Wildman–Crippen LogP) is 22.6. The average Bonchev–Trinajstić information content (AvgIpc) is 0.687. The quantitative estimate of drug-likeness (QED) is 0.0391. The Kier molecular flexibility index (Phi) is 17.5. The molecule has 0 unspecified atom stereocenters. The van der Waals surface area contributed by atoms with Gasteiger partial charge in [-0.05, 0) is 223 Å². The van der Waals surface area contributed by atoms with Gasteiger partial charge in [0.1, 0.15) is 0 Å². The standard InChI is InChI=1S/C88H104Si2/c1-53(2)69-51-70(54(3)4)80(58(11)12)83(79(69)57(9)10)61-47-73-67-43-46-78(90(88(20,21)22,65-39-31-25-32-40-65)66-41-33-26-34-42-66)76-50-62(84-81(59(13)14)71(55(5)6)52-72(56(7)8)82(84)60(15)16)48-74(86(67)76)68-44-45-77(75(49-61)85(68)73)89(87(17,18)19,63-35-27-23-28-36-63)64-37-29-24-30-38-64/h23-60H,1-22H3. The molecule has 0 bridgehead atoms. The summed E-state index contributed by atoms with van der Waals surface area (Å²) in [7, 11) is -5.99. The van der Waals surface area contributed by atoms with Crippen molar-refractivity contribution in [3.63, 3.8) is 0 Å². The van der Waals surface area contributed by atoms with E-state index in [1.807, 2.05) is 0 Å². The van der Waals surface area contributed by atoms with Crippen molar-refractivity contribution in [1.82, 2.24) is 0 Å². The van der Waals surface area contributed by atoms with E-state index in [9.17, 15) is 0 Å². The van der Waals surface area contributed by atoms with E-state index in [-0.39, 0.29) is 10.1 Å². The van der Waals surface area contributed by atoms with Gasteiger partial charge >= 0.3 is 0 Å². The van der Waals surface area contributed by atoms with Crippen LogP contribution in [0.1, 0.15) is 244 Å². The molecule has 0 heterocycles. The SMILES string of the molecule is CC(C)c1cc(C(C)C)c(C(C)C)c(-c2cc3c([Si](c4ccccc4)(c4ccccc4)C(C)(C)C)ccc4c5cc(-c6c(C(C)C)c(C(C)C)cc(C(C)C)c6C(C)C)cc6c([Si](c7ccccc7)(c7ccccc7)C(C)(C)C)ccc(c(c2)c34)c65)c1C(C)C. The van der Waals surface area contributed by atoms with Crippen molar-refractivity contribution in [2.75, 3.05) is 0 Å². The molecule has 0 aliphatic rings. The van der Waals surface area contributed by atoms with Crippen molar-refractivity contribution in [2.45, 2.75) is 210 Å². The molecule has 0 amide bonds. The second-order valence-corrected chi connectivity index (χ2v) is 40.8. The fourth-order valence-electron chi connectivity index (χ4n) is 17.6. The Hall–Kier alpha value is -6.85. The minimum atomic E-state index is -2.99. The summed E-state index contributed by atoms with van der Waals surface area (Å²) in [6, 6.07) is 73.8. The van der Waals surface area contributed by atoms with Gasteiger partial charge in [-0.1, -0.05) is 310 Å². The molecule has 0 N–H and O–H groups in total.